The Balaban J connectivity index is 1.28. The molecule has 0 atom stereocenters. The van der Waals surface area contributed by atoms with E-state index >= 15 is 0 Å². The van der Waals surface area contributed by atoms with E-state index in [2.05, 4.69) is 0 Å². The molecule has 4 aromatic rings. The van der Waals surface area contributed by atoms with Crippen LogP contribution in [-0.2, 0) is 11.0 Å². The molecule has 0 aliphatic carbocycles. The Hall–Kier alpha value is -4.84. The number of alkyl halides is 3. The maximum Gasteiger partial charge on any atom is 0.416 e. The summed E-state index contributed by atoms with van der Waals surface area (Å²) < 4.78 is 50.3. The van der Waals surface area contributed by atoms with Crippen LogP contribution in [0.3, 0.4) is 0 Å². The van der Waals surface area contributed by atoms with Crippen molar-refractivity contribution < 1.29 is 37.2 Å². The van der Waals surface area contributed by atoms with Crippen LogP contribution < -0.4 is 9.47 Å². The second-order valence-corrected chi connectivity index (χ2v) is 9.76. The molecule has 0 bridgehead atoms. The predicted molar refractivity (Wildman–Crippen MR) is 147 cm³/mol. The summed E-state index contributed by atoms with van der Waals surface area (Å²) >= 11 is 0.752. The fourth-order valence-corrected chi connectivity index (χ4v) is 5.00. The Morgan fingerprint density at radius 2 is 1.68 bits per heavy atom. The van der Waals surface area contributed by atoms with Gasteiger partial charge in [0.15, 0.2) is 0 Å². The molecule has 2 amide bonds. The summed E-state index contributed by atoms with van der Waals surface area (Å²) in [6.07, 6.45) is -3.29. The predicted octanol–water partition coefficient (Wildman–Crippen LogP) is 7.67. The monoisotopic (exact) mass is 580 g/mol. The Labute approximate surface area is 235 Å². The summed E-state index contributed by atoms with van der Waals surface area (Å²) in [6, 6.07) is 21.3. The van der Waals surface area contributed by atoms with E-state index in [1.54, 1.807) is 12.1 Å². The number of carbonyl (C=O) groups is 2. The standard InChI is InChI=1S/C29H19F3N2O6S/c30-29(31,32)20-11-12-25(23(17-20)34(37)38)40-21-8-3-5-18(15-21)16-26-27(35)33(28(36)41-26)13-14-39-24-10-4-7-19-6-1-2-9-22(19)24/h1-12,15-17H,13-14H2/b26-16-. The molecule has 0 N–H and O–H groups in total. The van der Waals surface area contributed by atoms with Gasteiger partial charge < -0.3 is 9.47 Å². The van der Waals surface area contributed by atoms with Gasteiger partial charge in [0.2, 0.25) is 5.75 Å². The molecule has 1 saturated heterocycles. The van der Waals surface area contributed by atoms with Crippen molar-refractivity contribution in [3.05, 3.63) is 111 Å². The van der Waals surface area contributed by atoms with Crippen molar-refractivity contribution in [1.82, 2.24) is 4.90 Å². The highest BCUT2D eigenvalue weighted by molar-refractivity contribution is 8.18. The third-order valence-corrected chi connectivity index (χ3v) is 6.97. The number of ether oxygens (including phenoxy) is 2. The molecule has 208 valence electrons. The molecule has 0 aromatic heterocycles. The lowest BCUT2D eigenvalue weighted by molar-refractivity contribution is -0.385. The number of halogens is 3. The lowest BCUT2D eigenvalue weighted by Crippen LogP contribution is -2.32. The highest BCUT2D eigenvalue weighted by atomic mass is 32.2. The van der Waals surface area contributed by atoms with Gasteiger partial charge in [0, 0.05) is 11.5 Å². The Kier molecular flexibility index (Phi) is 7.66. The Bertz CT molecular complexity index is 1700. The average molecular weight is 581 g/mol. The SMILES string of the molecule is O=C1S/C(=C\c2cccc(Oc3ccc(C(F)(F)F)cc3[N+](=O)[O-])c2)C(=O)N1CCOc1cccc2ccccc12. The lowest BCUT2D eigenvalue weighted by atomic mass is 10.1. The maximum absolute atomic E-state index is 13.0. The minimum absolute atomic E-state index is 0.0337. The van der Waals surface area contributed by atoms with Gasteiger partial charge in [-0.05, 0) is 59.1 Å². The molecule has 1 aliphatic rings. The van der Waals surface area contributed by atoms with Crippen LogP contribution in [0.2, 0.25) is 0 Å². The minimum atomic E-state index is -4.76. The molecule has 4 aromatic carbocycles. The van der Waals surface area contributed by atoms with Crippen molar-refractivity contribution in [3.63, 3.8) is 0 Å². The summed E-state index contributed by atoms with van der Waals surface area (Å²) in [6.45, 7) is 0.126. The van der Waals surface area contributed by atoms with Gasteiger partial charge in [-0.25, -0.2) is 0 Å². The van der Waals surface area contributed by atoms with E-state index in [9.17, 15) is 32.9 Å². The largest absolute Gasteiger partial charge is 0.491 e. The highest BCUT2D eigenvalue weighted by Gasteiger charge is 2.35. The normalized spacial score (nSPS) is 14.6. The van der Waals surface area contributed by atoms with Gasteiger partial charge in [0.05, 0.1) is 21.9 Å². The van der Waals surface area contributed by atoms with Crippen molar-refractivity contribution in [2.75, 3.05) is 13.2 Å². The number of nitro groups is 1. The average Bonchev–Trinajstić information content (AvgIpc) is 3.20. The topological polar surface area (TPSA) is 99.0 Å². The zero-order valence-electron chi connectivity index (χ0n) is 21.0. The third kappa shape index (κ3) is 6.17. The molecule has 0 spiro atoms. The lowest BCUT2D eigenvalue weighted by Gasteiger charge is -2.14. The number of nitro benzene ring substituents is 1. The molecule has 8 nitrogen and oxygen atoms in total. The summed E-state index contributed by atoms with van der Waals surface area (Å²) in [7, 11) is 0. The van der Waals surface area contributed by atoms with Crippen LogP contribution in [0.25, 0.3) is 16.8 Å². The Morgan fingerprint density at radius 3 is 2.46 bits per heavy atom. The molecule has 5 rings (SSSR count). The summed E-state index contributed by atoms with van der Waals surface area (Å²) in [5, 5.41) is 12.8. The zero-order chi connectivity index (χ0) is 29.1. The van der Waals surface area contributed by atoms with Crippen LogP contribution in [0, 0.1) is 10.1 Å². The van der Waals surface area contributed by atoms with Crippen LogP contribution in [0.1, 0.15) is 11.1 Å². The summed E-state index contributed by atoms with van der Waals surface area (Å²) in [5.41, 5.74) is -1.59. The number of benzene rings is 4. The van der Waals surface area contributed by atoms with Gasteiger partial charge in [-0.15, -0.1) is 0 Å². The van der Waals surface area contributed by atoms with Gasteiger partial charge >= 0.3 is 11.9 Å². The van der Waals surface area contributed by atoms with Gasteiger partial charge in [-0.2, -0.15) is 13.2 Å². The van der Waals surface area contributed by atoms with E-state index in [1.807, 2.05) is 42.5 Å². The molecule has 0 unspecified atom stereocenters. The summed E-state index contributed by atoms with van der Waals surface area (Å²) in [4.78, 5) is 37.1. The molecule has 0 radical (unpaired) electrons. The Morgan fingerprint density at radius 1 is 0.927 bits per heavy atom. The first-order valence-corrected chi connectivity index (χ1v) is 12.9. The fourth-order valence-electron chi connectivity index (χ4n) is 4.13. The molecule has 0 saturated carbocycles. The van der Waals surface area contributed by atoms with Crippen molar-refractivity contribution in [1.29, 1.82) is 0 Å². The van der Waals surface area contributed by atoms with Gasteiger partial charge in [-0.1, -0.05) is 48.5 Å². The van der Waals surface area contributed by atoms with Crippen LogP contribution in [-0.4, -0.2) is 34.1 Å². The van der Waals surface area contributed by atoms with Crippen LogP contribution in [0.4, 0.5) is 23.7 Å². The molecular formula is C29H19F3N2O6S. The first-order valence-electron chi connectivity index (χ1n) is 12.1. The number of amides is 2. The van der Waals surface area contributed by atoms with E-state index in [0.29, 0.717) is 23.4 Å². The highest BCUT2D eigenvalue weighted by Crippen LogP contribution is 2.38. The van der Waals surface area contributed by atoms with Crippen LogP contribution in [0.5, 0.6) is 17.2 Å². The number of nitrogens with zero attached hydrogens (tertiary/aromatic N) is 2. The number of carbonyl (C=O) groups excluding carboxylic acids is 2. The zero-order valence-corrected chi connectivity index (χ0v) is 21.8. The number of fused-ring (bicyclic) bond motifs is 1. The molecule has 1 heterocycles. The molecule has 12 heteroatoms. The second-order valence-electron chi connectivity index (χ2n) is 8.77. The molecule has 1 aliphatic heterocycles. The van der Waals surface area contributed by atoms with Crippen molar-refractivity contribution in [2.45, 2.75) is 6.18 Å². The van der Waals surface area contributed by atoms with Crippen LogP contribution in [0.15, 0.2) is 89.8 Å². The summed E-state index contributed by atoms with van der Waals surface area (Å²) in [5.74, 6) is -0.169. The first-order chi connectivity index (χ1) is 19.6. The maximum atomic E-state index is 13.0. The molecule has 1 fully saturated rings. The van der Waals surface area contributed by atoms with E-state index < -0.39 is 33.5 Å². The van der Waals surface area contributed by atoms with Crippen molar-refractivity contribution in [3.8, 4) is 17.2 Å². The third-order valence-electron chi connectivity index (χ3n) is 6.06. The minimum Gasteiger partial charge on any atom is -0.491 e. The van der Waals surface area contributed by atoms with Gasteiger partial charge in [0.1, 0.15) is 18.1 Å². The quantitative estimate of drug-likeness (QED) is 0.120. The fraction of sp³-hybridized carbons (Fsp3) is 0.103. The van der Waals surface area contributed by atoms with E-state index in [-0.39, 0.29) is 29.6 Å². The van der Waals surface area contributed by atoms with E-state index in [4.69, 9.17) is 9.47 Å². The number of hydrogen-bond donors (Lipinski definition) is 0. The van der Waals surface area contributed by atoms with E-state index in [0.717, 1.165) is 33.5 Å². The van der Waals surface area contributed by atoms with Crippen LogP contribution >= 0.6 is 11.8 Å². The number of thioether (sulfide) groups is 1. The molecule has 41 heavy (non-hydrogen) atoms. The second kappa shape index (κ2) is 11.3. The van der Waals surface area contributed by atoms with Gasteiger partial charge in [-0.3, -0.25) is 24.6 Å². The smallest absolute Gasteiger partial charge is 0.416 e. The van der Waals surface area contributed by atoms with Crippen molar-refractivity contribution in [2.24, 2.45) is 0 Å². The first kappa shape index (κ1) is 27.7. The number of rotatable bonds is 8. The number of hydrogen-bond acceptors (Lipinski definition) is 7. The van der Waals surface area contributed by atoms with Crippen molar-refractivity contribution >= 4 is 45.4 Å². The van der Waals surface area contributed by atoms with E-state index in [1.165, 1.54) is 18.2 Å². The number of imide groups is 1. The molecular weight excluding hydrogens is 561 g/mol. The van der Waals surface area contributed by atoms with Gasteiger partial charge in [0.25, 0.3) is 11.1 Å².